The number of phenols is 1. The molecule has 0 aliphatic heterocycles. The summed E-state index contributed by atoms with van der Waals surface area (Å²) in [7, 11) is 0. The number of hydrogen-bond donors (Lipinski definition) is 1. The van der Waals surface area contributed by atoms with Crippen LogP contribution in [0, 0.1) is 0 Å². The van der Waals surface area contributed by atoms with Gasteiger partial charge >= 0.3 is 0 Å². The molecule has 0 aliphatic rings. The Kier molecular flexibility index (Phi) is 3.53. The maximum Gasteiger partial charge on any atom is 0.137 e. The summed E-state index contributed by atoms with van der Waals surface area (Å²) in [5.41, 5.74) is 1.26. The first-order valence-corrected chi connectivity index (χ1v) is 5.45. The molecule has 4 heteroatoms. The maximum absolute atomic E-state index is 9.13. The molecule has 1 heterocycles. The molecule has 4 nitrogen and oxygen atoms in total. The number of hydrogen-bond acceptors (Lipinski definition) is 3. The van der Waals surface area contributed by atoms with E-state index in [2.05, 4.69) is 10.1 Å². The van der Waals surface area contributed by atoms with E-state index in [0.717, 1.165) is 25.8 Å². The van der Waals surface area contributed by atoms with Gasteiger partial charge in [0.05, 0.1) is 0 Å². The van der Waals surface area contributed by atoms with Gasteiger partial charge in [-0.3, -0.25) is 4.68 Å². The van der Waals surface area contributed by atoms with Gasteiger partial charge in [-0.1, -0.05) is 12.1 Å². The largest absolute Gasteiger partial charge is 0.508 e. The van der Waals surface area contributed by atoms with Gasteiger partial charge in [0.1, 0.15) is 18.4 Å². The molecular formula is C12H15N3O. The van der Waals surface area contributed by atoms with E-state index in [4.69, 9.17) is 5.11 Å². The molecular weight excluding hydrogens is 202 g/mol. The lowest BCUT2D eigenvalue weighted by atomic mass is 10.1. The fourth-order valence-electron chi connectivity index (χ4n) is 1.61. The average Bonchev–Trinajstić information content (AvgIpc) is 2.80. The van der Waals surface area contributed by atoms with Gasteiger partial charge in [0.25, 0.3) is 0 Å². The zero-order valence-electron chi connectivity index (χ0n) is 9.08. The van der Waals surface area contributed by atoms with Crippen LogP contribution in [0.1, 0.15) is 18.4 Å². The van der Waals surface area contributed by atoms with Crippen molar-refractivity contribution in [3.8, 4) is 5.75 Å². The third-order valence-electron chi connectivity index (χ3n) is 2.51. The predicted molar refractivity (Wildman–Crippen MR) is 61.1 cm³/mol. The number of aryl methyl sites for hydroxylation is 2. The fourth-order valence-corrected chi connectivity index (χ4v) is 1.61. The Bertz CT molecular complexity index is 408. The summed E-state index contributed by atoms with van der Waals surface area (Å²) >= 11 is 0. The van der Waals surface area contributed by atoms with E-state index >= 15 is 0 Å². The van der Waals surface area contributed by atoms with Crippen LogP contribution in [0.15, 0.2) is 36.9 Å². The molecule has 0 aliphatic carbocycles. The highest BCUT2D eigenvalue weighted by molar-refractivity contribution is 5.25. The normalized spacial score (nSPS) is 10.5. The van der Waals surface area contributed by atoms with Crippen molar-refractivity contribution < 1.29 is 5.11 Å². The Labute approximate surface area is 94.6 Å². The van der Waals surface area contributed by atoms with Crippen LogP contribution in [0.25, 0.3) is 0 Å². The summed E-state index contributed by atoms with van der Waals surface area (Å²) in [6.45, 7) is 0.915. The summed E-state index contributed by atoms with van der Waals surface area (Å²) in [6.07, 6.45) is 6.53. The summed E-state index contributed by atoms with van der Waals surface area (Å²) in [5, 5.41) is 13.2. The second kappa shape index (κ2) is 5.30. The number of unbranched alkanes of at least 4 members (excludes halogenated alkanes) is 1. The molecule has 84 valence electrons. The van der Waals surface area contributed by atoms with Gasteiger partial charge in [-0.05, 0) is 37.0 Å². The maximum atomic E-state index is 9.13. The van der Waals surface area contributed by atoms with Crippen LogP contribution in [-0.4, -0.2) is 19.9 Å². The van der Waals surface area contributed by atoms with E-state index in [1.165, 1.54) is 5.56 Å². The lowest BCUT2D eigenvalue weighted by molar-refractivity contribution is 0.475. The minimum absolute atomic E-state index is 0.325. The van der Waals surface area contributed by atoms with E-state index < -0.39 is 0 Å². The highest BCUT2D eigenvalue weighted by Gasteiger charge is 1.95. The number of nitrogens with zero attached hydrogens (tertiary/aromatic N) is 3. The van der Waals surface area contributed by atoms with E-state index in [1.54, 1.807) is 24.8 Å². The van der Waals surface area contributed by atoms with E-state index in [1.807, 2.05) is 16.8 Å². The van der Waals surface area contributed by atoms with Crippen LogP contribution in [0.3, 0.4) is 0 Å². The first kappa shape index (κ1) is 10.7. The molecule has 2 aromatic rings. The molecule has 0 fully saturated rings. The number of rotatable bonds is 5. The zero-order chi connectivity index (χ0) is 11.2. The average molecular weight is 217 g/mol. The summed E-state index contributed by atoms with van der Waals surface area (Å²) in [5.74, 6) is 0.325. The van der Waals surface area contributed by atoms with Crippen molar-refractivity contribution >= 4 is 0 Å². The molecule has 0 unspecified atom stereocenters. The van der Waals surface area contributed by atoms with Crippen molar-refractivity contribution in [1.82, 2.24) is 14.8 Å². The molecule has 0 saturated heterocycles. The van der Waals surface area contributed by atoms with Crippen LogP contribution < -0.4 is 0 Å². The van der Waals surface area contributed by atoms with Gasteiger partial charge in [0, 0.05) is 6.54 Å². The predicted octanol–water partition coefficient (Wildman–Crippen LogP) is 2.01. The Morgan fingerprint density at radius 1 is 1.12 bits per heavy atom. The lowest BCUT2D eigenvalue weighted by Crippen LogP contribution is -1.98. The van der Waals surface area contributed by atoms with Gasteiger partial charge in [0.15, 0.2) is 0 Å². The Morgan fingerprint density at radius 2 is 1.94 bits per heavy atom. The molecule has 0 radical (unpaired) electrons. The second-order valence-electron chi connectivity index (χ2n) is 3.78. The Balaban J connectivity index is 1.70. The van der Waals surface area contributed by atoms with Crippen molar-refractivity contribution in [2.75, 3.05) is 0 Å². The fraction of sp³-hybridized carbons (Fsp3) is 0.333. The third kappa shape index (κ3) is 3.08. The molecule has 2 rings (SSSR count). The van der Waals surface area contributed by atoms with Crippen molar-refractivity contribution in [2.45, 2.75) is 25.8 Å². The third-order valence-corrected chi connectivity index (χ3v) is 2.51. The van der Waals surface area contributed by atoms with Crippen LogP contribution in [-0.2, 0) is 13.0 Å². The summed E-state index contributed by atoms with van der Waals surface area (Å²) in [6, 6.07) is 7.38. The standard InChI is InChI=1S/C12H15N3O/c16-12-6-4-11(5-7-12)3-1-2-8-15-10-13-9-14-15/h4-7,9-10,16H,1-3,8H2. The molecule has 0 saturated carbocycles. The second-order valence-corrected chi connectivity index (χ2v) is 3.78. The quantitative estimate of drug-likeness (QED) is 0.779. The molecule has 1 N–H and O–H groups in total. The van der Waals surface area contributed by atoms with Crippen LogP contribution in [0.5, 0.6) is 5.75 Å². The molecule has 16 heavy (non-hydrogen) atoms. The van der Waals surface area contributed by atoms with Gasteiger partial charge in [0.2, 0.25) is 0 Å². The minimum atomic E-state index is 0.325. The van der Waals surface area contributed by atoms with Crippen molar-refractivity contribution in [2.24, 2.45) is 0 Å². The topological polar surface area (TPSA) is 50.9 Å². The van der Waals surface area contributed by atoms with E-state index in [0.29, 0.717) is 5.75 Å². The van der Waals surface area contributed by atoms with E-state index in [9.17, 15) is 0 Å². The lowest BCUT2D eigenvalue weighted by Gasteiger charge is -2.02. The van der Waals surface area contributed by atoms with Crippen LogP contribution in [0.2, 0.25) is 0 Å². The first-order valence-electron chi connectivity index (χ1n) is 5.45. The van der Waals surface area contributed by atoms with Crippen molar-refractivity contribution in [3.05, 3.63) is 42.5 Å². The van der Waals surface area contributed by atoms with Crippen LogP contribution in [0.4, 0.5) is 0 Å². The SMILES string of the molecule is Oc1ccc(CCCCn2cncn2)cc1. The summed E-state index contributed by atoms with van der Waals surface area (Å²) < 4.78 is 1.84. The highest BCUT2D eigenvalue weighted by atomic mass is 16.3. The number of aromatic nitrogens is 3. The van der Waals surface area contributed by atoms with Gasteiger partial charge in [-0.25, -0.2) is 4.98 Å². The van der Waals surface area contributed by atoms with Crippen molar-refractivity contribution in [1.29, 1.82) is 0 Å². The minimum Gasteiger partial charge on any atom is -0.508 e. The number of benzene rings is 1. The van der Waals surface area contributed by atoms with Gasteiger partial charge in [-0.2, -0.15) is 5.10 Å². The first-order chi connectivity index (χ1) is 7.84. The smallest absolute Gasteiger partial charge is 0.137 e. The summed E-state index contributed by atoms with van der Waals surface area (Å²) in [4.78, 5) is 3.89. The molecule has 0 amide bonds. The zero-order valence-corrected chi connectivity index (χ0v) is 9.08. The number of phenolic OH excluding ortho intramolecular Hbond substituents is 1. The monoisotopic (exact) mass is 217 g/mol. The van der Waals surface area contributed by atoms with E-state index in [-0.39, 0.29) is 0 Å². The Morgan fingerprint density at radius 3 is 2.62 bits per heavy atom. The molecule has 0 spiro atoms. The molecule has 1 aromatic heterocycles. The number of aromatic hydroxyl groups is 1. The van der Waals surface area contributed by atoms with Crippen LogP contribution >= 0.6 is 0 Å². The van der Waals surface area contributed by atoms with Crippen molar-refractivity contribution in [3.63, 3.8) is 0 Å². The Hall–Kier alpha value is -1.84. The highest BCUT2D eigenvalue weighted by Crippen LogP contribution is 2.11. The molecule has 1 aromatic carbocycles. The molecule has 0 bridgehead atoms. The molecule has 0 atom stereocenters. The van der Waals surface area contributed by atoms with Gasteiger partial charge in [-0.15, -0.1) is 0 Å². The van der Waals surface area contributed by atoms with Gasteiger partial charge < -0.3 is 5.11 Å².